The molecule has 2 heterocycles. The summed E-state index contributed by atoms with van der Waals surface area (Å²) in [7, 11) is -2.05. The lowest BCUT2D eigenvalue weighted by molar-refractivity contribution is 0.251. The maximum Gasteiger partial charge on any atom is 0.319 e. The summed E-state index contributed by atoms with van der Waals surface area (Å²) in [5, 5.41) is 12.8. The molecule has 2 amide bonds. The van der Waals surface area contributed by atoms with Gasteiger partial charge in [0.2, 0.25) is 10.0 Å². The molecule has 1 unspecified atom stereocenters. The van der Waals surface area contributed by atoms with Gasteiger partial charge in [-0.15, -0.1) is 11.3 Å². The van der Waals surface area contributed by atoms with Crippen LogP contribution in [0.2, 0.25) is 0 Å². The van der Waals surface area contributed by atoms with Crippen molar-refractivity contribution in [3.63, 3.8) is 0 Å². The Bertz CT molecular complexity index is 1340. The monoisotopic (exact) mass is 542 g/mol. The van der Waals surface area contributed by atoms with E-state index in [0.717, 1.165) is 35.6 Å². The van der Waals surface area contributed by atoms with Gasteiger partial charge in [-0.05, 0) is 76.6 Å². The van der Waals surface area contributed by atoms with E-state index in [1.165, 1.54) is 17.4 Å². The van der Waals surface area contributed by atoms with E-state index in [4.69, 9.17) is 0 Å². The number of thiazole rings is 1. The molecule has 1 saturated heterocycles. The quantitative estimate of drug-likeness (QED) is 0.286. The molecule has 0 aliphatic carbocycles. The Morgan fingerprint density at radius 1 is 1.14 bits per heavy atom. The predicted molar refractivity (Wildman–Crippen MR) is 151 cm³/mol. The predicted octanol–water partition coefficient (Wildman–Crippen LogP) is 4.47. The van der Waals surface area contributed by atoms with Crippen molar-refractivity contribution in [3.05, 3.63) is 48.7 Å². The van der Waals surface area contributed by atoms with E-state index in [1.807, 2.05) is 31.3 Å². The van der Waals surface area contributed by atoms with Gasteiger partial charge < -0.3 is 21.3 Å². The minimum Gasteiger partial charge on any atom is -0.388 e. The van der Waals surface area contributed by atoms with Gasteiger partial charge in [0.15, 0.2) is 0 Å². The minimum absolute atomic E-state index is 0.0819. The number of rotatable bonds is 8. The summed E-state index contributed by atoms with van der Waals surface area (Å²) < 4.78 is 29.6. The number of nitrogens with zero attached hydrogens (tertiary/aromatic N) is 1. The van der Waals surface area contributed by atoms with Gasteiger partial charge in [-0.25, -0.2) is 22.9 Å². The molecule has 0 bridgehead atoms. The van der Waals surface area contributed by atoms with Crippen LogP contribution < -0.4 is 26.0 Å². The highest BCUT2D eigenvalue weighted by Crippen LogP contribution is 2.37. The van der Waals surface area contributed by atoms with Crippen LogP contribution in [0, 0.1) is 0 Å². The van der Waals surface area contributed by atoms with Crippen molar-refractivity contribution in [2.45, 2.75) is 50.1 Å². The van der Waals surface area contributed by atoms with Crippen LogP contribution in [0.4, 0.5) is 16.2 Å². The third kappa shape index (κ3) is 7.07. The van der Waals surface area contributed by atoms with Crippen LogP contribution >= 0.6 is 11.3 Å². The zero-order valence-corrected chi connectivity index (χ0v) is 23.1. The van der Waals surface area contributed by atoms with Crippen LogP contribution in [-0.2, 0) is 10.0 Å². The van der Waals surface area contributed by atoms with Gasteiger partial charge in [-0.3, -0.25) is 0 Å². The van der Waals surface area contributed by atoms with Gasteiger partial charge in [-0.1, -0.05) is 6.07 Å². The first kappa shape index (κ1) is 27.1. The second-order valence-electron chi connectivity index (χ2n) is 10.1. The third-order valence-electron chi connectivity index (χ3n) is 5.83. The molecule has 1 aliphatic heterocycles. The highest BCUT2D eigenvalue weighted by Gasteiger charge is 2.27. The summed E-state index contributed by atoms with van der Waals surface area (Å²) in [5.41, 5.74) is 2.17. The SMILES string of the molecule is CNc1ccc(-c2ncc(-c3ccc(NC(=O)NCC4CCCN4)cc3S(=O)(=O)NC(C)(C)C)s2)cc1. The minimum atomic E-state index is -3.91. The summed E-state index contributed by atoms with van der Waals surface area (Å²) in [6.45, 7) is 6.83. The standard InChI is InChI=1S/C26H34N6O3S2/c1-26(2,3)32-37(34,35)23-14-19(31-25(33)30-15-20-6-5-13-28-20)11-12-21(23)22-16-29-24(36-22)17-7-9-18(27-4)10-8-17/h7-12,14,16,20,27-28,32H,5-6,13,15H2,1-4H3,(H2,30,31,33). The van der Waals surface area contributed by atoms with Crippen molar-refractivity contribution in [1.29, 1.82) is 0 Å². The van der Waals surface area contributed by atoms with Crippen LogP contribution in [-0.4, -0.2) is 51.2 Å². The second-order valence-corrected chi connectivity index (χ2v) is 12.7. The van der Waals surface area contributed by atoms with Gasteiger partial charge in [0.05, 0.1) is 9.77 Å². The average Bonchev–Trinajstić information content (AvgIpc) is 3.54. The van der Waals surface area contributed by atoms with Gasteiger partial charge in [-0.2, -0.15) is 0 Å². The van der Waals surface area contributed by atoms with Crippen molar-refractivity contribution in [2.24, 2.45) is 0 Å². The van der Waals surface area contributed by atoms with E-state index in [2.05, 4.69) is 31.0 Å². The van der Waals surface area contributed by atoms with Crippen molar-refractivity contribution in [2.75, 3.05) is 30.8 Å². The van der Waals surface area contributed by atoms with Gasteiger partial charge in [0, 0.05) is 53.9 Å². The van der Waals surface area contributed by atoms with Gasteiger partial charge in [0.1, 0.15) is 5.01 Å². The van der Waals surface area contributed by atoms with Crippen molar-refractivity contribution >= 4 is 38.8 Å². The number of sulfonamides is 1. The fraction of sp³-hybridized carbons (Fsp3) is 0.385. The normalized spacial score (nSPS) is 15.9. The number of aromatic nitrogens is 1. The first-order valence-electron chi connectivity index (χ1n) is 12.2. The van der Waals surface area contributed by atoms with E-state index in [0.29, 0.717) is 22.7 Å². The average molecular weight is 543 g/mol. The lowest BCUT2D eigenvalue weighted by Gasteiger charge is -2.22. The molecule has 37 heavy (non-hydrogen) atoms. The fourth-order valence-electron chi connectivity index (χ4n) is 4.12. The van der Waals surface area contributed by atoms with Crippen LogP contribution in [0.5, 0.6) is 0 Å². The Morgan fingerprint density at radius 2 is 1.86 bits per heavy atom. The Labute approximate surface area is 222 Å². The van der Waals surface area contributed by atoms with Crippen LogP contribution in [0.1, 0.15) is 33.6 Å². The molecule has 9 nitrogen and oxygen atoms in total. The van der Waals surface area contributed by atoms with Gasteiger partial charge >= 0.3 is 6.03 Å². The Kier molecular flexibility index (Phi) is 8.17. The molecular weight excluding hydrogens is 508 g/mol. The maximum atomic E-state index is 13.5. The number of hydrogen-bond donors (Lipinski definition) is 5. The molecule has 1 aliphatic rings. The number of nitrogens with one attached hydrogen (secondary N) is 5. The molecule has 11 heteroatoms. The molecule has 1 fully saturated rings. The van der Waals surface area contributed by atoms with Gasteiger partial charge in [0.25, 0.3) is 0 Å². The van der Waals surface area contributed by atoms with Crippen molar-refractivity contribution < 1.29 is 13.2 Å². The zero-order valence-electron chi connectivity index (χ0n) is 21.5. The summed E-state index contributed by atoms with van der Waals surface area (Å²) in [4.78, 5) is 17.8. The molecule has 1 aromatic heterocycles. The van der Waals surface area contributed by atoms with E-state index < -0.39 is 15.6 Å². The largest absolute Gasteiger partial charge is 0.388 e. The van der Waals surface area contributed by atoms with Crippen LogP contribution in [0.3, 0.4) is 0 Å². The van der Waals surface area contributed by atoms with E-state index in [-0.39, 0.29) is 17.0 Å². The van der Waals surface area contributed by atoms with E-state index in [9.17, 15) is 13.2 Å². The molecule has 4 rings (SSSR count). The second kappa shape index (κ2) is 11.2. The van der Waals surface area contributed by atoms with Crippen molar-refractivity contribution in [3.8, 4) is 21.0 Å². The smallest absolute Gasteiger partial charge is 0.319 e. The summed E-state index contributed by atoms with van der Waals surface area (Å²) in [6, 6.07) is 12.7. The molecule has 198 valence electrons. The molecule has 0 radical (unpaired) electrons. The third-order valence-corrected chi connectivity index (χ3v) is 8.71. The Balaban J connectivity index is 1.63. The number of urea groups is 1. The lowest BCUT2D eigenvalue weighted by Crippen LogP contribution is -2.40. The number of carbonyl (C=O) groups excluding carboxylic acids is 1. The number of amides is 2. The maximum absolute atomic E-state index is 13.5. The van der Waals surface area contributed by atoms with Crippen molar-refractivity contribution in [1.82, 2.24) is 20.3 Å². The molecule has 1 atom stereocenters. The molecular formula is C26H34N6O3S2. The highest BCUT2D eigenvalue weighted by atomic mass is 32.2. The lowest BCUT2D eigenvalue weighted by atomic mass is 10.1. The Hall–Kier alpha value is -2.99. The highest BCUT2D eigenvalue weighted by molar-refractivity contribution is 7.89. The molecule has 0 saturated carbocycles. The zero-order chi connectivity index (χ0) is 26.6. The molecule has 0 spiro atoms. The molecule has 5 N–H and O–H groups in total. The first-order valence-corrected chi connectivity index (χ1v) is 14.5. The number of benzene rings is 2. The molecule has 2 aromatic carbocycles. The van der Waals surface area contributed by atoms with E-state index >= 15 is 0 Å². The number of anilines is 2. The van der Waals surface area contributed by atoms with Crippen LogP contribution in [0.25, 0.3) is 21.0 Å². The van der Waals surface area contributed by atoms with Crippen LogP contribution in [0.15, 0.2) is 53.6 Å². The molecule has 3 aromatic rings. The first-order chi connectivity index (χ1) is 17.5. The fourth-order valence-corrected chi connectivity index (χ4v) is 6.81. The Morgan fingerprint density at radius 3 is 2.51 bits per heavy atom. The summed E-state index contributed by atoms with van der Waals surface area (Å²) >= 11 is 1.41. The topological polar surface area (TPSA) is 124 Å². The number of carbonyl (C=O) groups is 1. The summed E-state index contributed by atoms with van der Waals surface area (Å²) in [5.74, 6) is 0. The summed E-state index contributed by atoms with van der Waals surface area (Å²) in [6.07, 6.45) is 3.80. The number of hydrogen-bond acceptors (Lipinski definition) is 7. The van der Waals surface area contributed by atoms with E-state index in [1.54, 1.807) is 39.1 Å².